The molecule has 118 valence electrons. The summed E-state index contributed by atoms with van der Waals surface area (Å²) in [5.41, 5.74) is 1.23. The molecule has 0 fully saturated rings. The second kappa shape index (κ2) is 7.27. The van der Waals surface area contributed by atoms with Gasteiger partial charge in [0, 0.05) is 29.8 Å². The first-order chi connectivity index (χ1) is 9.66. The lowest BCUT2D eigenvalue weighted by Crippen LogP contribution is -2.29. The van der Waals surface area contributed by atoms with Gasteiger partial charge in [0.25, 0.3) is 15.0 Å². The molecule has 0 aliphatic carbocycles. The van der Waals surface area contributed by atoms with E-state index in [2.05, 4.69) is 13.8 Å². The van der Waals surface area contributed by atoms with Crippen molar-refractivity contribution in [2.24, 2.45) is 5.92 Å². The Labute approximate surface area is 131 Å². The minimum atomic E-state index is -3.83. The maximum Gasteiger partial charge on any atom is 0.261 e. The zero-order valence-corrected chi connectivity index (χ0v) is 14.5. The minimum Gasteiger partial charge on any atom is -0.342 e. The van der Waals surface area contributed by atoms with E-state index in [0.29, 0.717) is 24.4 Å². The van der Waals surface area contributed by atoms with E-state index in [4.69, 9.17) is 10.7 Å². The number of hydrogen-bond donors (Lipinski definition) is 0. The van der Waals surface area contributed by atoms with Crippen LogP contribution in [0.25, 0.3) is 0 Å². The second-order valence-electron chi connectivity index (χ2n) is 5.52. The molecule has 0 N–H and O–H groups in total. The summed E-state index contributed by atoms with van der Waals surface area (Å²) in [4.78, 5) is 14.1. The van der Waals surface area contributed by atoms with Crippen molar-refractivity contribution in [2.75, 3.05) is 13.6 Å². The molecule has 21 heavy (non-hydrogen) atoms. The first-order valence-corrected chi connectivity index (χ1v) is 9.30. The van der Waals surface area contributed by atoms with Crippen LogP contribution < -0.4 is 0 Å². The average Bonchev–Trinajstić information content (AvgIpc) is 2.42. The Hall–Kier alpha value is -1.07. The number of aryl methyl sites for hydroxylation is 1. The lowest BCUT2D eigenvalue weighted by Gasteiger charge is -2.20. The molecule has 0 radical (unpaired) electrons. The molecule has 0 unspecified atom stereocenters. The van der Waals surface area contributed by atoms with E-state index in [1.807, 2.05) is 6.92 Å². The van der Waals surface area contributed by atoms with E-state index < -0.39 is 9.05 Å². The molecule has 0 bridgehead atoms. The van der Waals surface area contributed by atoms with Gasteiger partial charge >= 0.3 is 0 Å². The van der Waals surface area contributed by atoms with Gasteiger partial charge in [0.15, 0.2) is 0 Å². The fraction of sp³-hybridized carbons (Fsp3) is 0.533. The van der Waals surface area contributed by atoms with Gasteiger partial charge in [-0.25, -0.2) is 8.42 Å². The molecule has 1 rings (SSSR count). The molecule has 0 aliphatic heterocycles. The van der Waals surface area contributed by atoms with Crippen molar-refractivity contribution in [1.29, 1.82) is 0 Å². The maximum absolute atomic E-state index is 12.5. The fourth-order valence-electron chi connectivity index (χ4n) is 1.97. The molecule has 0 spiro atoms. The molecule has 4 nitrogen and oxygen atoms in total. The highest BCUT2D eigenvalue weighted by molar-refractivity contribution is 8.13. The van der Waals surface area contributed by atoms with E-state index >= 15 is 0 Å². The predicted molar refractivity (Wildman–Crippen MR) is 85.3 cm³/mol. The maximum atomic E-state index is 12.5. The number of hydrogen-bond acceptors (Lipinski definition) is 3. The molecular weight excluding hydrogens is 310 g/mol. The highest BCUT2D eigenvalue weighted by Gasteiger charge is 2.19. The number of benzene rings is 1. The molecular formula is C15H22ClNO3S. The van der Waals surface area contributed by atoms with E-state index in [0.717, 1.165) is 12.0 Å². The average molecular weight is 332 g/mol. The Balaban J connectivity index is 3.12. The van der Waals surface area contributed by atoms with Crippen LogP contribution >= 0.6 is 10.7 Å². The van der Waals surface area contributed by atoms with Crippen LogP contribution in [0.15, 0.2) is 23.1 Å². The highest BCUT2D eigenvalue weighted by Crippen LogP contribution is 2.21. The van der Waals surface area contributed by atoms with Crippen LogP contribution in [0, 0.1) is 5.92 Å². The predicted octanol–water partition coefficient (Wildman–Crippen LogP) is 3.29. The fourth-order valence-corrected chi connectivity index (χ4v) is 2.75. The van der Waals surface area contributed by atoms with Gasteiger partial charge in [0.1, 0.15) is 0 Å². The summed E-state index contributed by atoms with van der Waals surface area (Å²) in [5, 5.41) is 0. The van der Waals surface area contributed by atoms with Gasteiger partial charge in [0.2, 0.25) is 0 Å². The lowest BCUT2D eigenvalue weighted by molar-refractivity contribution is 0.0788. The van der Waals surface area contributed by atoms with Crippen LogP contribution in [0.5, 0.6) is 0 Å². The highest BCUT2D eigenvalue weighted by atomic mass is 35.7. The Bertz CT molecular complexity index is 611. The van der Waals surface area contributed by atoms with Gasteiger partial charge in [-0.05, 0) is 36.5 Å². The van der Waals surface area contributed by atoms with Crippen molar-refractivity contribution in [3.05, 3.63) is 29.3 Å². The summed E-state index contributed by atoms with van der Waals surface area (Å²) in [6.45, 7) is 6.75. The Morgan fingerprint density at radius 3 is 2.43 bits per heavy atom. The van der Waals surface area contributed by atoms with Crippen molar-refractivity contribution in [2.45, 2.75) is 38.5 Å². The third-order valence-electron chi connectivity index (χ3n) is 3.36. The number of carbonyl (C=O) groups is 1. The van der Waals surface area contributed by atoms with Gasteiger partial charge in [-0.3, -0.25) is 4.79 Å². The van der Waals surface area contributed by atoms with Crippen molar-refractivity contribution in [1.82, 2.24) is 4.90 Å². The van der Waals surface area contributed by atoms with E-state index in [-0.39, 0.29) is 10.8 Å². The molecule has 1 amide bonds. The van der Waals surface area contributed by atoms with Crippen molar-refractivity contribution < 1.29 is 13.2 Å². The van der Waals surface area contributed by atoms with E-state index in [1.165, 1.54) is 12.1 Å². The summed E-state index contributed by atoms with van der Waals surface area (Å²) >= 11 is 0. The lowest BCUT2D eigenvalue weighted by atomic mass is 10.0. The number of nitrogens with zero attached hydrogens (tertiary/aromatic N) is 1. The minimum absolute atomic E-state index is 0.0398. The molecule has 0 aliphatic rings. The summed E-state index contributed by atoms with van der Waals surface area (Å²) in [6.07, 6.45) is 1.55. The smallest absolute Gasteiger partial charge is 0.261 e. The zero-order valence-electron chi connectivity index (χ0n) is 12.9. The summed E-state index contributed by atoms with van der Waals surface area (Å²) < 4.78 is 22.9. The molecule has 0 saturated carbocycles. The molecule has 0 heterocycles. The zero-order chi connectivity index (χ0) is 16.2. The number of rotatable bonds is 6. The molecule has 0 saturated heterocycles. The Kier molecular flexibility index (Phi) is 6.23. The van der Waals surface area contributed by atoms with Crippen molar-refractivity contribution in [3.8, 4) is 0 Å². The third-order valence-corrected chi connectivity index (χ3v) is 4.71. The molecule has 0 aromatic heterocycles. The first-order valence-electron chi connectivity index (χ1n) is 6.99. The second-order valence-corrected chi connectivity index (χ2v) is 8.09. The molecule has 0 atom stereocenters. The van der Waals surface area contributed by atoms with Crippen LogP contribution in [0.2, 0.25) is 0 Å². The van der Waals surface area contributed by atoms with Crippen LogP contribution in [0.4, 0.5) is 0 Å². The van der Waals surface area contributed by atoms with Crippen LogP contribution in [0.3, 0.4) is 0 Å². The number of amides is 1. The molecule has 1 aromatic rings. The van der Waals surface area contributed by atoms with Crippen LogP contribution in [0.1, 0.15) is 43.1 Å². The standard InChI is InChI=1S/C15H22ClNO3S/c1-5-12-6-7-13(21(16,19)20)10-14(12)15(18)17(4)9-8-11(2)3/h6-7,10-11H,5,8-9H2,1-4H3. The van der Waals surface area contributed by atoms with Gasteiger partial charge in [0.05, 0.1) is 4.90 Å². The normalized spacial score (nSPS) is 11.7. The number of carbonyl (C=O) groups excluding carboxylic acids is 1. The van der Waals surface area contributed by atoms with Gasteiger partial charge < -0.3 is 4.90 Å². The van der Waals surface area contributed by atoms with Gasteiger partial charge in [-0.2, -0.15) is 0 Å². The summed E-state index contributed by atoms with van der Waals surface area (Å²) in [6, 6.07) is 4.46. The molecule has 1 aromatic carbocycles. The Morgan fingerprint density at radius 2 is 1.95 bits per heavy atom. The van der Waals surface area contributed by atoms with Crippen LogP contribution in [-0.2, 0) is 15.5 Å². The first kappa shape index (κ1) is 18.0. The van der Waals surface area contributed by atoms with Crippen molar-refractivity contribution >= 4 is 25.6 Å². The summed E-state index contributed by atoms with van der Waals surface area (Å²) in [5.74, 6) is 0.329. The topological polar surface area (TPSA) is 54.5 Å². The van der Waals surface area contributed by atoms with Crippen LogP contribution in [-0.4, -0.2) is 32.8 Å². The van der Waals surface area contributed by atoms with Gasteiger partial charge in [-0.1, -0.05) is 26.8 Å². The van der Waals surface area contributed by atoms with E-state index in [1.54, 1.807) is 18.0 Å². The monoisotopic (exact) mass is 331 g/mol. The number of halogens is 1. The SMILES string of the molecule is CCc1ccc(S(=O)(=O)Cl)cc1C(=O)N(C)CCC(C)C. The third kappa shape index (κ3) is 5.00. The van der Waals surface area contributed by atoms with Gasteiger partial charge in [-0.15, -0.1) is 0 Å². The molecule has 6 heteroatoms. The van der Waals surface area contributed by atoms with E-state index in [9.17, 15) is 13.2 Å². The summed E-state index contributed by atoms with van der Waals surface area (Å²) in [7, 11) is 3.25. The van der Waals surface area contributed by atoms with Crippen molar-refractivity contribution in [3.63, 3.8) is 0 Å². The largest absolute Gasteiger partial charge is 0.342 e. The quantitative estimate of drug-likeness (QED) is 0.751. The Morgan fingerprint density at radius 1 is 1.33 bits per heavy atom.